The number of carbonyl (C=O) groups excluding carboxylic acids is 4. The van der Waals surface area contributed by atoms with E-state index in [2.05, 4.69) is 20.5 Å². The summed E-state index contributed by atoms with van der Waals surface area (Å²) in [5.41, 5.74) is 0.569. The maximum absolute atomic E-state index is 13.0. The van der Waals surface area contributed by atoms with Gasteiger partial charge < -0.3 is 45.6 Å². The van der Waals surface area contributed by atoms with Gasteiger partial charge in [0.1, 0.15) is 6.04 Å². The molecule has 19 nitrogen and oxygen atoms in total. The molecule has 0 fully saturated rings. The van der Waals surface area contributed by atoms with Crippen LogP contribution in [0.3, 0.4) is 0 Å². The summed E-state index contributed by atoms with van der Waals surface area (Å²) in [6.45, 7) is -0.751. The summed E-state index contributed by atoms with van der Waals surface area (Å²) in [5, 5.41) is 29.8. The second kappa shape index (κ2) is 19.7. The summed E-state index contributed by atoms with van der Waals surface area (Å²) in [6.07, 6.45) is 0.659. The molecule has 20 heteroatoms. The molecule has 2 atom stereocenters. The largest absolute Gasteiger partial charge is 0.493 e. The highest BCUT2D eigenvalue weighted by Gasteiger charge is 2.29. The molecule has 0 aromatic heterocycles. The molecule has 0 spiro atoms. The number of phosphoric ester groups is 1. The third-order valence-electron chi connectivity index (χ3n) is 6.64. The number of nitro benzene ring substituents is 1. The van der Waals surface area contributed by atoms with Crippen LogP contribution in [0, 0.1) is 10.1 Å². The van der Waals surface area contributed by atoms with Crippen LogP contribution in [0.4, 0.5) is 11.4 Å². The summed E-state index contributed by atoms with van der Waals surface area (Å²) in [5.74, 6) is -3.49. The molecule has 2 aromatic carbocycles. The van der Waals surface area contributed by atoms with Crippen LogP contribution < -0.4 is 30.7 Å². The van der Waals surface area contributed by atoms with E-state index in [-0.39, 0.29) is 30.1 Å². The van der Waals surface area contributed by atoms with E-state index in [0.29, 0.717) is 37.3 Å². The molecular formula is C29H38N5O14P. The van der Waals surface area contributed by atoms with Gasteiger partial charge in [-0.25, -0.2) is 9.36 Å². The topological polar surface area (TPSA) is 282 Å². The molecular weight excluding hydrogens is 673 g/mol. The quantitative estimate of drug-likeness (QED) is 0.0412. The normalized spacial score (nSPS) is 12.2. The van der Waals surface area contributed by atoms with Crippen LogP contribution in [0.5, 0.6) is 11.5 Å². The average molecular weight is 712 g/mol. The first kappa shape index (κ1) is 40.1. The van der Waals surface area contributed by atoms with Crippen molar-refractivity contribution in [2.45, 2.75) is 50.6 Å². The maximum atomic E-state index is 13.0. The minimum absolute atomic E-state index is 0.0730. The first-order valence-corrected chi connectivity index (χ1v) is 16.2. The number of rotatable bonds is 21. The number of aliphatic carboxylic acids is 1. The van der Waals surface area contributed by atoms with Crippen molar-refractivity contribution in [2.24, 2.45) is 0 Å². The summed E-state index contributed by atoms with van der Waals surface area (Å²) in [4.78, 5) is 90.1. The van der Waals surface area contributed by atoms with Gasteiger partial charge in [0.15, 0.2) is 17.5 Å². The minimum Gasteiger partial charge on any atom is -0.493 e. The highest BCUT2D eigenvalue weighted by Crippen LogP contribution is 2.35. The molecule has 2 rings (SSSR count). The molecule has 0 aliphatic rings. The lowest BCUT2D eigenvalue weighted by Gasteiger charge is -2.20. The molecule has 0 saturated carbocycles. The molecule has 4 amide bonds. The monoisotopic (exact) mass is 711 g/mol. The van der Waals surface area contributed by atoms with E-state index in [1.165, 1.54) is 26.4 Å². The predicted octanol–water partition coefficient (Wildman–Crippen LogP) is 1.02. The van der Waals surface area contributed by atoms with Gasteiger partial charge in [-0.2, -0.15) is 0 Å². The summed E-state index contributed by atoms with van der Waals surface area (Å²) < 4.78 is 25.5. The summed E-state index contributed by atoms with van der Waals surface area (Å²) in [6, 6.07) is 6.38. The van der Waals surface area contributed by atoms with Crippen LogP contribution in [-0.2, 0) is 39.5 Å². The van der Waals surface area contributed by atoms with Crippen LogP contribution in [-0.4, -0.2) is 88.9 Å². The number of phosphoric acid groups is 1. The van der Waals surface area contributed by atoms with Gasteiger partial charge >= 0.3 is 13.8 Å². The van der Waals surface area contributed by atoms with Gasteiger partial charge in [-0.05, 0) is 42.7 Å². The van der Waals surface area contributed by atoms with Crippen molar-refractivity contribution in [3.05, 3.63) is 58.1 Å². The lowest BCUT2D eigenvalue weighted by atomic mass is 10.1. The SMILES string of the molecule is COc1ccc(CC(=O)NCCCCCC(=O)N[C@@H](CC(=O)N[C@@H](COP(=O)(O)O)C(=O)O)C(=O)Nc2ccc([N+](=O)[O-])cc2)cc1OC. The van der Waals surface area contributed by atoms with Crippen LogP contribution in [0.15, 0.2) is 42.5 Å². The van der Waals surface area contributed by atoms with E-state index < -0.39 is 61.5 Å². The summed E-state index contributed by atoms with van der Waals surface area (Å²) in [7, 11) is -2.07. The van der Waals surface area contributed by atoms with Gasteiger partial charge in [0, 0.05) is 30.8 Å². The number of nitrogens with one attached hydrogen (secondary N) is 4. The Morgan fingerprint density at radius 3 is 2.12 bits per heavy atom. The Morgan fingerprint density at radius 1 is 0.878 bits per heavy atom. The Balaban J connectivity index is 1.92. The molecule has 2 aromatic rings. The van der Waals surface area contributed by atoms with Crippen molar-refractivity contribution in [1.29, 1.82) is 0 Å². The van der Waals surface area contributed by atoms with Crippen LogP contribution in [0.2, 0.25) is 0 Å². The van der Waals surface area contributed by atoms with E-state index >= 15 is 0 Å². The lowest BCUT2D eigenvalue weighted by molar-refractivity contribution is -0.384. The van der Waals surface area contributed by atoms with Gasteiger partial charge in [0.05, 0.1) is 38.6 Å². The van der Waals surface area contributed by atoms with Crippen molar-refractivity contribution >= 4 is 48.8 Å². The van der Waals surface area contributed by atoms with Gasteiger partial charge in [-0.15, -0.1) is 0 Å². The molecule has 268 valence electrons. The second-order valence-corrected chi connectivity index (χ2v) is 11.6. The fraction of sp³-hybridized carbons (Fsp3) is 0.414. The molecule has 0 radical (unpaired) electrons. The number of hydrogen-bond acceptors (Lipinski definition) is 11. The van der Waals surface area contributed by atoms with Gasteiger partial charge in [0.25, 0.3) is 5.69 Å². The van der Waals surface area contributed by atoms with E-state index in [1.54, 1.807) is 18.2 Å². The van der Waals surface area contributed by atoms with Crippen molar-refractivity contribution in [2.75, 3.05) is 32.7 Å². The van der Waals surface area contributed by atoms with Gasteiger partial charge in [-0.1, -0.05) is 12.5 Å². The number of ether oxygens (including phenoxy) is 2. The van der Waals surface area contributed by atoms with Crippen molar-refractivity contribution in [1.82, 2.24) is 16.0 Å². The fourth-order valence-corrected chi connectivity index (χ4v) is 4.55. The number of unbranched alkanes of at least 4 members (excludes halogenated alkanes) is 2. The van der Waals surface area contributed by atoms with Crippen molar-refractivity contribution < 1.29 is 62.4 Å². The molecule has 0 aliphatic carbocycles. The molecule has 49 heavy (non-hydrogen) atoms. The van der Waals surface area contributed by atoms with Gasteiger partial charge in [-0.3, -0.25) is 33.8 Å². The second-order valence-electron chi connectivity index (χ2n) is 10.4. The number of carboxylic acids is 1. The number of hydrogen-bond donors (Lipinski definition) is 7. The molecule has 0 saturated heterocycles. The van der Waals surface area contributed by atoms with Gasteiger partial charge in [0.2, 0.25) is 23.6 Å². The van der Waals surface area contributed by atoms with E-state index in [9.17, 15) is 43.8 Å². The molecule has 0 bridgehead atoms. The highest BCUT2D eigenvalue weighted by atomic mass is 31.2. The third kappa shape index (κ3) is 15.1. The minimum atomic E-state index is -5.06. The van der Waals surface area contributed by atoms with Crippen molar-refractivity contribution in [3.63, 3.8) is 0 Å². The first-order valence-electron chi connectivity index (χ1n) is 14.7. The number of amides is 4. The zero-order chi connectivity index (χ0) is 36.6. The predicted molar refractivity (Wildman–Crippen MR) is 171 cm³/mol. The Kier molecular flexibility index (Phi) is 16.1. The Hall–Kier alpha value is -5.10. The third-order valence-corrected chi connectivity index (χ3v) is 7.13. The Bertz CT molecular complexity index is 1530. The Labute approximate surface area is 280 Å². The zero-order valence-electron chi connectivity index (χ0n) is 26.6. The Morgan fingerprint density at radius 2 is 1.53 bits per heavy atom. The van der Waals surface area contributed by atoms with Crippen molar-refractivity contribution in [3.8, 4) is 11.5 Å². The number of carboxylic acid groups (broad SMARTS) is 1. The number of methoxy groups -OCH3 is 2. The lowest BCUT2D eigenvalue weighted by Crippen LogP contribution is -2.50. The van der Waals surface area contributed by atoms with E-state index in [1.807, 2.05) is 5.32 Å². The van der Waals surface area contributed by atoms with E-state index in [0.717, 1.165) is 17.7 Å². The van der Waals surface area contributed by atoms with E-state index in [4.69, 9.17) is 19.3 Å². The number of benzene rings is 2. The first-order chi connectivity index (χ1) is 23.1. The molecule has 0 aliphatic heterocycles. The number of carbonyl (C=O) groups is 5. The number of anilines is 1. The maximum Gasteiger partial charge on any atom is 0.469 e. The molecule has 0 unspecified atom stereocenters. The standard InChI is InChI=1S/C29H38N5O14P/c1-46-23-12-7-18(14-24(23)47-2)15-26(36)30-13-5-3-4-6-25(35)32-21(28(38)31-19-8-10-20(11-9-19)34(41)42)16-27(37)33-22(29(39)40)17-48-49(43,44)45/h7-12,14,21-22H,3-6,13,15-17H2,1-2H3,(H,30,36)(H,31,38)(H,32,35)(H,33,37)(H,39,40)(H2,43,44,45)/t21-,22-/m0/s1. The zero-order valence-corrected chi connectivity index (χ0v) is 27.5. The highest BCUT2D eigenvalue weighted by molar-refractivity contribution is 7.46. The smallest absolute Gasteiger partial charge is 0.469 e. The van der Waals surface area contributed by atoms with Crippen LogP contribution in [0.25, 0.3) is 0 Å². The average Bonchev–Trinajstić information content (AvgIpc) is 3.03. The van der Waals surface area contributed by atoms with Crippen LogP contribution >= 0.6 is 7.82 Å². The number of nitro groups is 1. The molecule has 0 heterocycles. The summed E-state index contributed by atoms with van der Waals surface area (Å²) >= 11 is 0. The molecule has 7 N–H and O–H groups in total. The fourth-order valence-electron chi connectivity index (χ4n) is 4.21. The number of non-ortho nitro benzene ring substituents is 1. The number of nitrogens with zero attached hydrogens (tertiary/aromatic N) is 1. The van der Waals surface area contributed by atoms with Crippen LogP contribution in [0.1, 0.15) is 37.7 Å².